The van der Waals surface area contributed by atoms with E-state index < -0.39 is 5.54 Å². The van der Waals surface area contributed by atoms with Gasteiger partial charge in [-0.2, -0.15) is 0 Å². The molecule has 0 aliphatic rings. The molecule has 0 aromatic heterocycles. The van der Waals surface area contributed by atoms with Crippen molar-refractivity contribution in [2.45, 2.75) is 18.9 Å². The fraction of sp³-hybridized carbons (Fsp3) is 0.316. The minimum absolute atomic E-state index is 0.143. The number of hydrogen-bond donors (Lipinski definition) is 1. The summed E-state index contributed by atoms with van der Waals surface area (Å²) in [6, 6.07) is 17.8. The Kier molecular flexibility index (Phi) is 4.99. The Labute approximate surface area is 133 Å². The molecule has 3 nitrogen and oxygen atoms in total. The van der Waals surface area contributed by atoms with Crippen LogP contribution in [0.5, 0.6) is 0 Å². The number of anilines is 1. The fourth-order valence-electron chi connectivity index (χ4n) is 2.53. The van der Waals surface area contributed by atoms with Gasteiger partial charge in [0.2, 0.25) is 0 Å². The lowest BCUT2D eigenvalue weighted by molar-refractivity contribution is 0.0719. The van der Waals surface area contributed by atoms with Crippen LogP contribution >= 0.6 is 0 Å². The third kappa shape index (κ3) is 3.37. The van der Waals surface area contributed by atoms with Gasteiger partial charge in [0, 0.05) is 18.3 Å². The van der Waals surface area contributed by atoms with Crippen molar-refractivity contribution in [2.75, 3.05) is 26.5 Å². The first kappa shape index (κ1) is 16.2. The first-order valence-electron chi connectivity index (χ1n) is 7.51. The van der Waals surface area contributed by atoms with Gasteiger partial charge in [-0.15, -0.1) is 0 Å². The Bertz CT molecular complexity index is 620. The molecule has 0 aliphatic carbocycles. The number of benzene rings is 2. The van der Waals surface area contributed by atoms with Gasteiger partial charge in [-0.05, 0) is 57.3 Å². The Hall–Kier alpha value is -2.13. The van der Waals surface area contributed by atoms with Crippen LogP contribution in [0.3, 0.4) is 0 Å². The summed E-state index contributed by atoms with van der Waals surface area (Å²) >= 11 is 0. The molecule has 1 atom stereocenters. The molecule has 0 bridgehead atoms. The molecule has 22 heavy (non-hydrogen) atoms. The van der Waals surface area contributed by atoms with E-state index in [1.807, 2.05) is 75.4 Å². The van der Waals surface area contributed by atoms with Gasteiger partial charge in [0.1, 0.15) is 0 Å². The molecule has 0 radical (unpaired) electrons. The maximum absolute atomic E-state index is 13.0. The maximum atomic E-state index is 13.0. The smallest absolute Gasteiger partial charge is 0.183 e. The highest BCUT2D eigenvalue weighted by Gasteiger charge is 2.36. The SMILES string of the molecule is CNc1ccc(C(=O)C(C)(Cc2ccccc2)N(C)C)cc1. The van der Waals surface area contributed by atoms with Crippen LogP contribution in [0.15, 0.2) is 54.6 Å². The lowest BCUT2D eigenvalue weighted by Crippen LogP contribution is -2.50. The lowest BCUT2D eigenvalue weighted by atomic mass is 9.84. The molecule has 0 fully saturated rings. The average Bonchev–Trinajstić information content (AvgIpc) is 2.55. The number of hydrogen-bond acceptors (Lipinski definition) is 3. The van der Waals surface area contributed by atoms with Crippen molar-refractivity contribution in [3.8, 4) is 0 Å². The van der Waals surface area contributed by atoms with E-state index in [9.17, 15) is 4.79 Å². The summed E-state index contributed by atoms with van der Waals surface area (Å²) in [5.41, 5.74) is 2.35. The molecule has 2 aromatic rings. The zero-order valence-electron chi connectivity index (χ0n) is 13.8. The molecule has 3 heteroatoms. The van der Waals surface area contributed by atoms with Crippen LogP contribution < -0.4 is 5.32 Å². The summed E-state index contributed by atoms with van der Waals surface area (Å²) in [5.74, 6) is 0.143. The topological polar surface area (TPSA) is 32.3 Å². The van der Waals surface area contributed by atoms with Crippen molar-refractivity contribution in [2.24, 2.45) is 0 Å². The third-order valence-electron chi connectivity index (χ3n) is 4.30. The van der Waals surface area contributed by atoms with Crippen molar-refractivity contribution in [1.82, 2.24) is 4.90 Å². The number of carbonyl (C=O) groups is 1. The highest BCUT2D eigenvalue weighted by atomic mass is 16.1. The number of Topliss-reactive ketones (excluding diaryl/α,β-unsaturated/α-hetero) is 1. The van der Waals surface area contributed by atoms with E-state index in [2.05, 4.69) is 17.4 Å². The van der Waals surface area contributed by atoms with Gasteiger partial charge >= 0.3 is 0 Å². The second-order valence-electron chi connectivity index (χ2n) is 5.99. The zero-order valence-corrected chi connectivity index (χ0v) is 13.8. The van der Waals surface area contributed by atoms with Gasteiger partial charge in [-0.25, -0.2) is 0 Å². The number of ketones is 1. The minimum Gasteiger partial charge on any atom is -0.388 e. The van der Waals surface area contributed by atoms with Gasteiger partial charge in [0.15, 0.2) is 5.78 Å². The molecule has 0 saturated carbocycles. The molecular weight excluding hydrogens is 272 g/mol. The van der Waals surface area contributed by atoms with E-state index in [4.69, 9.17) is 0 Å². The van der Waals surface area contributed by atoms with Gasteiger partial charge in [-0.3, -0.25) is 9.69 Å². The van der Waals surface area contributed by atoms with Gasteiger partial charge < -0.3 is 5.32 Å². The van der Waals surface area contributed by atoms with Crippen LogP contribution in [0.25, 0.3) is 0 Å². The molecular formula is C19H24N2O. The molecule has 0 heterocycles. The molecule has 1 N–H and O–H groups in total. The highest BCUT2D eigenvalue weighted by Crippen LogP contribution is 2.24. The first-order chi connectivity index (χ1) is 10.5. The van der Waals surface area contributed by atoms with Crippen LogP contribution in [0.4, 0.5) is 5.69 Å². The quantitative estimate of drug-likeness (QED) is 0.828. The van der Waals surface area contributed by atoms with Crippen LogP contribution in [0.2, 0.25) is 0 Å². The number of likely N-dealkylation sites (N-methyl/N-ethyl adjacent to an activating group) is 1. The Balaban J connectivity index is 2.31. The molecule has 2 aromatic carbocycles. The normalized spacial score (nSPS) is 13.7. The van der Waals surface area contributed by atoms with Crippen molar-refractivity contribution >= 4 is 11.5 Å². The molecule has 0 spiro atoms. The van der Waals surface area contributed by atoms with Crippen molar-refractivity contribution in [3.05, 3.63) is 65.7 Å². The van der Waals surface area contributed by atoms with E-state index >= 15 is 0 Å². The predicted octanol–water partition coefficient (Wildman–Crippen LogP) is 3.47. The number of nitrogens with one attached hydrogen (secondary N) is 1. The second kappa shape index (κ2) is 6.75. The van der Waals surface area contributed by atoms with Crippen LogP contribution in [-0.4, -0.2) is 37.4 Å². The van der Waals surface area contributed by atoms with Gasteiger partial charge in [-0.1, -0.05) is 30.3 Å². The van der Waals surface area contributed by atoms with Crippen molar-refractivity contribution in [1.29, 1.82) is 0 Å². The van der Waals surface area contributed by atoms with Gasteiger partial charge in [0.05, 0.1) is 5.54 Å². The standard InChI is InChI=1S/C19H24N2O/c1-19(21(3)4,14-15-8-6-5-7-9-15)18(22)16-10-12-17(20-2)13-11-16/h5-13,20H,14H2,1-4H3. The Morgan fingerprint density at radius 3 is 2.14 bits per heavy atom. The Morgan fingerprint density at radius 2 is 1.64 bits per heavy atom. The number of carbonyl (C=O) groups excluding carboxylic acids is 1. The van der Waals surface area contributed by atoms with E-state index in [0.29, 0.717) is 6.42 Å². The van der Waals surface area contributed by atoms with Gasteiger partial charge in [0.25, 0.3) is 0 Å². The Morgan fingerprint density at radius 1 is 1.05 bits per heavy atom. The molecule has 0 saturated heterocycles. The molecule has 116 valence electrons. The summed E-state index contributed by atoms with van der Waals surface area (Å²) in [5, 5.41) is 3.07. The largest absolute Gasteiger partial charge is 0.388 e. The van der Waals surface area contributed by atoms with Crippen molar-refractivity contribution < 1.29 is 4.79 Å². The number of rotatable bonds is 6. The predicted molar refractivity (Wildman–Crippen MR) is 92.6 cm³/mol. The molecule has 0 amide bonds. The summed E-state index contributed by atoms with van der Waals surface area (Å²) in [4.78, 5) is 15.1. The fourth-order valence-corrected chi connectivity index (χ4v) is 2.53. The van der Waals surface area contributed by atoms with E-state index in [1.54, 1.807) is 0 Å². The molecule has 2 rings (SSSR count). The molecule has 0 aliphatic heterocycles. The minimum atomic E-state index is -0.567. The number of nitrogens with zero attached hydrogens (tertiary/aromatic N) is 1. The van der Waals surface area contributed by atoms with Crippen LogP contribution in [0, 0.1) is 0 Å². The molecule has 1 unspecified atom stereocenters. The first-order valence-corrected chi connectivity index (χ1v) is 7.51. The van der Waals surface area contributed by atoms with E-state index in [0.717, 1.165) is 11.3 Å². The lowest BCUT2D eigenvalue weighted by Gasteiger charge is -2.35. The summed E-state index contributed by atoms with van der Waals surface area (Å²) in [7, 11) is 5.79. The zero-order chi connectivity index (χ0) is 16.2. The second-order valence-corrected chi connectivity index (χ2v) is 5.99. The monoisotopic (exact) mass is 296 g/mol. The summed E-state index contributed by atoms with van der Waals surface area (Å²) in [6.45, 7) is 2.01. The summed E-state index contributed by atoms with van der Waals surface area (Å²) < 4.78 is 0. The summed E-state index contributed by atoms with van der Waals surface area (Å²) in [6.07, 6.45) is 0.688. The van der Waals surface area contributed by atoms with Crippen LogP contribution in [-0.2, 0) is 6.42 Å². The third-order valence-corrected chi connectivity index (χ3v) is 4.30. The van der Waals surface area contributed by atoms with E-state index in [1.165, 1.54) is 5.56 Å². The average molecular weight is 296 g/mol. The van der Waals surface area contributed by atoms with Crippen LogP contribution in [0.1, 0.15) is 22.8 Å². The maximum Gasteiger partial charge on any atom is 0.183 e. The van der Waals surface area contributed by atoms with E-state index in [-0.39, 0.29) is 5.78 Å². The van der Waals surface area contributed by atoms with Crippen molar-refractivity contribution in [3.63, 3.8) is 0 Å². The highest BCUT2D eigenvalue weighted by molar-refractivity contribution is 6.03.